The summed E-state index contributed by atoms with van der Waals surface area (Å²) < 4.78 is 27.3. The molecule has 0 unspecified atom stereocenters. The molecule has 2 aromatic rings. The van der Waals surface area contributed by atoms with Gasteiger partial charge in [-0.2, -0.15) is 0 Å². The van der Waals surface area contributed by atoms with E-state index in [1.54, 1.807) is 12.1 Å². The average molecular weight is 299 g/mol. The van der Waals surface area contributed by atoms with Gasteiger partial charge in [-0.3, -0.25) is 0 Å². The first-order valence-electron chi connectivity index (χ1n) is 5.29. The van der Waals surface area contributed by atoms with Crippen molar-refractivity contribution in [3.05, 3.63) is 58.6 Å². The molecule has 0 saturated carbocycles. The lowest BCUT2D eigenvalue weighted by atomic mass is 10.2. The Balaban J connectivity index is 2.32. The average Bonchev–Trinajstić information content (AvgIpc) is 2.34. The highest BCUT2D eigenvalue weighted by molar-refractivity contribution is 7.80. The summed E-state index contributed by atoms with van der Waals surface area (Å²) in [6.45, 7) is 0. The molecule has 0 spiro atoms. The van der Waals surface area contributed by atoms with Crippen molar-refractivity contribution in [1.29, 1.82) is 0 Å². The first kappa shape index (κ1) is 13.7. The van der Waals surface area contributed by atoms with Crippen LogP contribution in [0.3, 0.4) is 0 Å². The van der Waals surface area contributed by atoms with E-state index in [-0.39, 0.29) is 21.3 Å². The van der Waals surface area contributed by atoms with Gasteiger partial charge in [0.15, 0.2) is 5.82 Å². The van der Waals surface area contributed by atoms with E-state index in [2.05, 4.69) is 5.32 Å². The van der Waals surface area contributed by atoms with Gasteiger partial charge in [0.25, 0.3) is 0 Å². The molecule has 0 saturated heterocycles. The van der Waals surface area contributed by atoms with Crippen LogP contribution in [0.2, 0.25) is 5.02 Å². The van der Waals surface area contributed by atoms with Gasteiger partial charge in [0.05, 0.1) is 10.7 Å². The van der Waals surface area contributed by atoms with Crippen LogP contribution in [0.1, 0.15) is 5.56 Å². The van der Waals surface area contributed by atoms with Crippen LogP contribution in [0.25, 0.3) is 0 Å². The van der Waals surface area contributed by atoms with Crippen molar-refractivity contribution < 1.29 is 8.78 Å². The Labute approximate surface area is 119 Å². The monoisotopic (exact) mass is 298 g/mol. The molecule has 0 fully saturated rings. The van der Waals surface area contributed by atoms with Crippen LogP contribution in [-0.2, 0) is 0 Å². The third kappa shape index (κ3) is 3.00. The molecular weight excluding hydrogens is 290 g/mol. The summed E-state index contributed by atoms with van der Waals surface area (Å²) in [6.07, 6.45) is 0. The number of benzene rings is 2. The zero-order chi connectivity index (χ0) is 14.0. The molecule has 98 valence electrons. The summed E-state index contributed by atoms with van der Waals surface area (Å²) in [6, 6.07) is 8.70. The van der Waals surface area contributed by atoms with E-state index in [0.29, 0.717) is 5.69 Å². The van der Waals surface area contributed by atoms with E-state index in [1.165, 1.54) is 24.3 Å². The molecule has 0 heterocycles. The van der Waals surface area contributed by atoms with Crippen LogP contribution in [0.15, 0.2) is 36.4 Å². The molecule has 0 aliphatic heterocycles. The maximum absolute atomic E-state index is 13.7. The molecule has 2 nitrogen and oxygen atoms in total. The molecule has 0 aliphatic carbocycles. The molecule has 0 radical (unpaired) electrons. The number of hydrogen-bond acceptors (Lipinski definition) is 2. The van der Waals surface area contributed by atoms with Crippen LogP contribution in [0, 0.1) is 11.6 Å². The van der Waals surface area contributed by atoms with Crippen LogP contribution in [-0.4, -0.2) is 4.99 Å². The number of anilines is 2. The van der Waals surface area contributed by atoms with Crippen LogP contribution in [0.4, 0.5) is 20.2 Å². The number of thiocarbonyl (C=S) groups is 1. The van der Waals surface area contributed by atoms with Gasteiger partial charge in [0.1, 0.15) is 10.8 Å². The second-order valence-electron chi connectivity index (χ2n) is 3.79. The second-order valence-corrected chi connectivity index (χ2v) is 4.63. The summed E-state index contributed by atoms with van der Waals surface area (Å²) in [5.41, 5.74) is 6.04. The number of halogens is 3. The highest BCUT2D eigenvalue weighted by atomic mass is 35.5. The fraction of sp³-hybridized carbons (Fsp3) is 0. The second kappa shape index (κ2) is 5.50. The first-order valence-corrected chi connectivity index (χ1v) is 6.08. The zero-order valence-corrected chi connectivity index (χ0v) is 11.2. The molecule has 6 heteroatoms. The largest absolute Gasteiger partial charge is 0.389 e. The SMILES string of the molecule is NC(=S)c1ccc(Nc2cccc(Cl)c2F)cc1F. The van der Waals surface area contributed by atoms with Crippen molar-refractivity contribution in [3.63, 3.8) is 0 Å². The molecule has 2 rings (SSSR count). The van der Waals surface area contributed by atoms with Crippen LogP contribution < -0.4 is 11.1 Å². The van der Waals surface area contributed by atoms with Gasteiger partial charge in [-0.15, -0.1) is 0 Å². The van der Waals surface area contributed by atoms with Gasteiger partial charge < -0.3 is 11.1 Å². The lowest BCUT2D eigenvalue weighted by molar-refractivity contribution is 0.625. The molecule has 0 aliphatic rings. The van der Waals surface area contributed by atoms with Crippen molar-refractivity contribution in [2.24, 2.45) is 5.73 Å². The van der Waals surface area contributed by atoms with E-state index in [4.69, 9.17) is 29.6 Å². The van der Waals surface area contributed by atoms with Gasteiger partial charge in [-0.25, -0.2) is 8.78 Å². The fourth-order valence-corrected chi connectivity index (χ4v) is 1.89. The van der Waals surface area contributed by atoms with E-state index in [9.17, 15) is 8.78 Å². The fourth-order valence-electron chi connectivity index (χ4n) is 1.55. The van der Waals surface area contributed by atoms with Gasteiger partial charge in [0, 0.05) is 11.3 Å². The third-order valence-corrected chi connectivity index (χ3v) is 2.98. The quantitative estimate of drug-likeness (QED) is 0.841. The number of rotatable bonds is 3. The number of nitrogens with one attached hydrogen (secondary N) is 1. The van der Waals surface area contributed by atoms with Gasteiger partial charge >= 0.3 is 0 Å². The van der Waals surface area contributed by atoms with Crippen molar-refractivity contribution in [2.45, 2.75) is 0 Å². The smallest absolute Gasteiger partial charge is 0.165 e. The van der Waals surface area contributed by atoms with Crippen molar-refractivity contribution >= 4 is 40.2 Å². The number of hydrogen-bond donors (Lipinski definition) is 2. The lowest BCUT2D eigenvalue weighted by Gasteiger charge is -2.09. The predicted octanol–water partition coefficient (Wildman–Crippen LogP) is 4.00. The summed E-state index contributed by atoms with van der Waals surface area (Å²) in [4.78, 5) is -0.0296. The standard InChI is InChI=1S/C13H9ClF2N2S/c14-9-2-1-3-11(12(9)16)18-7-4-5-8(13(17)19)10(15)6-7/h1-6,18H,(H2,17,19). The summed E-state index contributed by atoms with van der Waals surface area (Å²) in [5, 5.41) is 2.73. The minimum Gasteiger partial charge on any atom is -0.389 e. The van der Waals surface area contributed by atoms with Crippen molar-refractivity contribution in [3.8, 4) is 0 Å². The first-order chi connectivity index (χ1) is 8.99. The van der Waals surface area contributed by atoms with E-state index < -0.39 is 11.6 Å². The van der Waals surface area contributed by atoms with Gasteiger partial charge in [0.2, 0.25) is 0 Å². The Hall–Kier alpha value is -1.72. The van der Waals surface area contributed by atoms with Crippen LogP contribution in [0.5, 0.6) is 0 Å². The zero-order valence-electron chi connectivity index (χ0n) is 9.58. The molecular formula is C13H9ClF2N2S. The molecule has 3 N–H and O–H groups in total. The predicted molar refractivity (Wildman–Crippen MR) is 77.0 cm³/mol. The maximum atomic E-state index is 13.7. The summed E-state index contributed by atoms with van der Waals surface area (Å²) >= 11 is 10.4. The normalized spacial score (nSPS) is 10.3. The minimum atomic E-state index is -0.594. The summed E-state index contributed by atoms with van der Waals surface area (Å²) in [7, 11) is 0. The Morgan fingerprint density at radius 3 is 2.58 bits per heavy atom. The molecule has 2 aromatic carbocycles. The van der Waals surface area contributed by atoms with E-state index in [0.717, 1.165) is 0 Å². The Bertz CT molecular complexity index is 647. The topological polar surface area (TPSA) is 38.0 Å². The molecule has 19 heavy (non-hydrogen) atoms. The highest BCUT2D eigenvalue weighted by Gasteiger charge is 2.09. The Morgan fingerprint density at radius 1 is 1.21 bits per heavy atom. The van der Waals surface area contributed by atoms with E-state index in [1.807, 2.05) is 0 Å². The third-order valence-electron chi connectivity index (χ3n) is 2.47. The van der Waals surface area contributed by atoms with E-state index >= 15 is 0 Å². The summed E-state index contributed by atoms with van der Waals surface area (Å²) in [5.74, 6) is -1.16. The number of nitrogens with two attached hydrogens (primary N) is 1. The molecule has 0 atom stereocenters. The lowest BCUT2D eigenvalue weighted by Crippen LogP contribution is -2.11. The van der Waals surface area contributed by atoms with Crippen molar-refractivity contribution in [2.75, 3.05) is 5.32 Å². The Kier molecular flexibility index (Phi) is 3.97. The van der Waals surface area contributed by atoms with Crippen molar-refractivity contribution in [1.82, 2.24) is 0 Å². The van der Waals surface area contributed by atoms with Gasteiger partial charge in [-0.05, 0) is 30.3 Å². The Morgan fingerprint density at radius 2 is 1.95 bits per heavy atom. The maximum Gasteiger partial charge on any atom is 0.165 e. The molecule has 0 bridgehead atoms. The molecule has 0 aromatic heterocycles. The van der Waals surface area contributed by atoms with Gasteiger partial charge in [-0.1, -0.05) is 29.9 Å². The minimum absolute atomic E-state index is 0.00905. The molecule has 0 amide bonds. The van der Waals surface area contributed by atoms with Crippen LogP contribution >= 0.6 is 23.8 Å². The highest BCUT2D eigenvalue weighted by Crippen LogP contribution is 2.26.